The van der Waals surface area contributed by atoms with Crippen molar-refractivity contribution in [3.05, 3.63) is 99.1 Å². The molecule has 0 aliphatic rings. The van der Waals surface area contributed by atoms with Gasteiger partial charge in [0.05, 0.1) is 28.8 Å². The molecule has 1 heterocycles. The summed E-state index contributed by atoms with van der Waals surface area (Å²) in [6, 6.07) is 19.2. The molecule has 0 bridgehead atoms. The first-order valence-corrected chi connectivity index (χ1v) is 9.71. The summed E-state index contributed by atoms with van der Waals surface area (Å²) >= 11 is 6.04. The maximum absolute atomic E-state index is 12.9. The summed E-state index contributed by atoms with van der Waals surface area (Å²) in [7, 11) is 0. The summed E-state index contributed by atoms with van der Waals surface area (Å²) in [5, 5.41) is 3.77. The van der Waals surface area contributed by atoms with E-state index in [1.54, 1.807) is 66.1 Å². The zero-order valence-electron chi connectivity index (χ0n) is 16.2. The van der Waals surface area contributed by atoms with Crippen molar-refractivity contribution < 1.29 is 4.79 Å². The molecule has 4 aromatic rings. The molecule has 0 radical (unpaired) electrons. The molecule has 30 heavy (non-hydrogen) atoms. The third-order valence-corrected chi connectivity index (χ3v) is 5.11. The number of hydrogen-bond acceptors (Lipinski definition) is 4. The smallest absolute Gasteiger partial charge is 0.261 e. The summed E-state index contributed by atoms with van der Waals surface area (Å²) in [5.41, 5.74) is 8.77. The van der Waals surface area contributed by atoms with Gasteiger partial charge in [0.15, 0.2) is 0 Å². The van der Waals surface area contributed by atoms with Gasteiger partial charge in [-0.25, -0.2) is 4.98 Å². The van der Waals surface area contributed by atoms with E-state index in [1.807, 2.05) is 12.1 Å². The average Bonchev–Trinajstić information content (AvgIpc) is 2.74. The summed E-state index contributed by atoms with van der Waals surface area (Å²) in [5.74, 6) is 0.353. The van der Waals surface area contributed by atoms with Crippen LogP contribution in [0.15, 0.2) is 71.5 Å². The zero-order chi connectivity index (χ0) is 21.3. The molecule has 0 aliphatic heterocycles. The van der Waals surface area contributed by atoms with E-state index in [1.165, 1.54) is 0 Å². The molecule has 150 valence electrons. The predicted octanol–water partition coefficient (Wildman–Crippen LogP) is 4.24. The van der Waals surface area contributed by atoms with Crippen LogP contribution in [0.3, 0.4) is 0 Å². The van der Waals surface area contributed by atoms with Crippen LogP contribution in [0, 0.1) is 6.92 Å². The first kappa shape index (κ1) is 19.7. The highest BCUT2D eigenvalue weighted by Gasteiger charge is 2.11. The Hall–Kier alpha value is -3.64. The molecular weight excluding hydrogens is 400 g/mol. The van der Waals surface area contributed by atoms with E-state index in [0.717, 1.165) is 5.56 Å². The number of nitrogen functional groups attached to an aromatic ring is 1. The minimum absolute atomic E-state index is 0.152. The number of rotatable bonds is 4. The molecule has 0 fully saturated rings. The molecule has 0 unspecified atom stereocenters. The molecule has 0 aliphatic carbocycles. The molecule has 0 atom stereocenters. The minimum atomic E-state index is -0.255. The number of nitrogens with one attached hydrogen (secondary N) is 1. The number of hydrogen-bond donors (Lipinski definition) is 2. The molecule has 6 nitrogen and oxygen atoms in total. The van der Waals surface area contributed by atoms with Crippen LogP contribution >= 0.6 is 11.6 Å². The third-order valence-electron chi connectivity index (χ3n) is 4.87. The first-order chi connectivity index (χ1) is 14.4. The monoisotopic (exact) mass is 418 g/mol. The summed E-state index contributed by atoms with van der Waals surface area (Å²) < 4.78 is 1.60. The van der Waals surface area contributed by atoms with Crippen molar-refractivity contribution in [2.45, 2.75) is 13.5 Å². The second-order valence-corrected chi connectivity index (χ2v) is 7.39. The lowest BCUT2D eigenvalue weighted by Gasteiger charge is -2.12. The number of carbonyl (C=O) groups is 1. The maximum Gasteiger partial charge on any atom is 0.261 e. The highest BCUT2D eigenvalue weighted by atomic mass is 35.5. The van der Waals surface area contributed by atoms with Gasteiger partial charge in [-0.2, -0.15) is 0 Å². The van der Waals surface area contributed by atoms with Crippen LogP contribution in [-0.2, 0) is 6.54 Å². The molecular formula is C23H19ClN4O2. The van der Waals surface area contributed by atoms with Crippen molar-refractivity contribution in [2.24, 2.45) is 0 Å². The Morgan fingerprint density at radius 3 is 2.57 bits per heavy atom. The Morgan fingerprint density at radius 1 is 1.10 bits per heavy atom. The third kappa shape index (κ3) is 3.90. The van der Waals surface area contributed by atoms with E-state index in [-0.39, 0.29) is 11.5 Å². The lowest BCUT2D eigenvalue weighted by atomic mass is 10.1. The first-order valence-electron chi connectivity index (χ1n) is 9.34. The Labute approximate surface area is 177 Å². The Balaban J connectivity index is 1.57. The van der Waals surface area contributed by atoms with Crippen molar-refractivity contribution >= 4 is 39.8 Å². The van der Waals surface area contributed by atoms with Crippen LogP contribution in [0.4, 0.5) is 11.4 Å². The van der Waals surface area contributed by atoms with Crippen molar-refractivity contribution in [1.82, 2.24) is 9.55 Å². The van der Waals surface area contributed by atoms with Crippen molar-refractivity contribution in [1.29, 1.82) is 0 Å². The summed E-state index contributed by atoms with van der Waals surface area (Å²) in [4.78, 5) is 29.9. The number of para-hydroxylation sites is 2. The molecule has 3 N–H and O–H groups in total. The van der Waals surface area contributed by atoms with Gasteiger partial charge in [-0.15, -0.1) is 0 Å². The van der Waals surface area contributed by atoms with Gasteiger partial charge < -0.3 is 11.1 Å². The fourth-order valence-corrected chi connectivity index (χ4v) is 3.41. The number of carbonyl (C=O) groups excluding carboxylic acids is 1. The van der Waals surface area contributed by atoms with Gasteiger partial charge in [0.25, 0.3) is 11.5 Å². The molecule has 7 heteroatoms. The average molecular weight is 419 g/mol. The fourth-order valence-electron chi connectivity index (χ4n) is 3.24. The standard InChI is InChI=1S/C23H19ClN4O2/c1-14-26-20-11-10-17(24)12-18(20)23(30)28(14)13-15-6-8-16(9-7-15)22(29)27-21-5-3-2-4-19(21)25/h2-12H,13,25H2,1H3,(H,27,29). The van der Waals surface area contributed by atoms with E-state index >= 15 is 0 Å². The van der Waals surface area contributed by atoms with Crippen molar-refractivity contribution in [3.8, 4) is 0 Å². The number of fused-ring (bicyclic) bond motifs is 1. The van der Waals surface area contributed by atoms with E-state index in [2.05, 4.69) is 10.3 Å². The van der Waals surface area contributed by atoms with Gasteiger partial charge in [-0.05, 0) is 55.0 Å². The Bertz CT molecular complexity index is 1310. The highest BCUT2D eigenvalue weighted by Crippen LogP contribution is 2.19. The zero-order valence-corrected chi connectivity index (χ0v) is 17.0. The van der Waals surface area contributed by atoms with E-state index < -0.39 is 0 Å². The number of aromatic nitrogens is 2. The largest absolute Gasteiger partial charge is 0.397 e. The normalized spacial score (nSPS) is 10.9. The molecule has 0 saturated carbocycles. The SMILES string of the molecule is Cc1nc2ccc(Cl)cc2c(=O)n1Cc1ccc(C(=O)Nc2ccccc2N)cc1. The van der Waals surface area contributed by atoms with Crippen molar-refractivity contribution in [3.63, 3.8) is 0 Å². The number of anilines is 2. The molecule has 0 saturated heterocycles. The lowest BCUT2D eigenvalue weighted by Crippen LogP contribution is -2.24. The van der Waals surface area contributed by atoms with E-state index in [9.17, 15) is 9.59 Å². The van der Waals surface area contributed by atoms with E-state index in [0.29, 0.717) is 45.2 Å². The van der Waals surface area contributed by atoms with Crippen LogP contribution in [0.25, 0.3) is 10.9 Å². The molecule has 3 aromatic carbocycles. The number of nitrogens with zero attached hydrogens (tertiary/aromatic N) is 2. The second-order valence-electron chi connectivity index (χ2n) is 6.95. The minimum Gasteiger partial charge on any atom is -0.397 e. The van der Waals surface area contributed by atoms with Gasteiger partial charge in [-0.1, -0.05) is 35.9 Å². The van der Waals surface area contributed by atoms with Crippen LogP contribution in [0.1, 0.15) is 21.7 Å². The van der Waals surface area contributed by atoms with Gasteiger partial charge >= 0.3 is 0 Å². The number of aryl methyl sites for hydroxylation is 1. The Morgan fingerprint density at radius 2 is 1.83 bits per heavy atom. The van der Waals surface area contributed by atoms with E-state index in [4.69, 9.17) is 17.3 Å². The van der Waals surface area contributed by atoms with Gasteiger partial charge in [0, 0.05) is 10.6 Å². The highest BCUT2D eigenvalue weighted by molar-refractivity contribution is 6.31. The quantitative estimate of drug-likeness (QED) is 0.485. The van der Waals surface area contributed by atoms with Crippen LogP contribution in [0.5, 0.6) is 0 Å². The fraction of sp³-hybridized carbons (Fsp3) is 0.0870. The predicted molar refractivity (Wildman–Crippen MR) is 120 cm³/mol. The van der Waals surface area contributed by atoms with Crippen LogP contribution < -0.4 is 16.6 Å². The second kappa shape index (κ2) is 8.00. The maximum atomic E-state index is 12.9. The van der Waals surface area contributed by atoms with Crippen molar-refractivity contribution in [2.75, 3.05) is 11.1 Å². The van der Waals surface area contributed by atoms with Gasteiger partial charge in [0.2, 0.25) is 0 Å². The topological polar surface area (TPSA) is 90.0 Å². The number of amides is 1. The summed E-state index contributed by atoms with van der Waals surface area (Å²) in [6.07, 6.45) is 0. The molecule has 1 aromatic heterocycles. The van der Waals surface area contributed by atoms with Crippen LogP contribution in [-0.4, -0.2) is 15.5 Å². The van der Waals surface area contributed by atoms with Crippen LogP contribution in [0.2, 0.25) is 5.02 Å². The molecule has 0 spiro atoms. The lowest BCUT2D eigenvalue weighted by molar-refractivity contribution is 0.102. The number of benzene rings is 3. The Kier molecular flexibility index (Phi) is 5.25. The van der Waals surface area contributed by atoms with Gasteiger partial charge in [-0.3, -0.25) is 14.2 Å². The molecule has 4 rings (SSSR count). The summed E-state index contributed by atoms with van der Waals surface area (Å²) in [6.45, 7) is 2.13. The number of halogens is 1. The van der Waals surface area contributed by atoms with Gasteiger partial charge in [0.1, 0.15) is 5.82 Å². The molecule has 1 amide bonds. The number of nitrogens with two attached hydrogens (primary N) is 1.